The first-order valence-electron chi connectivity index (χ1n) is 10.3. The molecule has 27 heavy (non-hydrogen) atoms. The van der Waals surface area contributed by atoms with Crippen molar-refractivity contribution in [1.82, 2.24) is 14.9 Å². The third-order valence-electron chi connectivity index (χ3n) is 5.54. The Balaban J connectivity index is 1.56. The third-order valence-corrected chi connectivity index (χ3v) is 5.54. The van der Waals surface area contributed by atoms with Crippen molar-refractivity contribution in [2.45, 2.75) is 45.4 Å². The van der Waals surface area contributed by atoms with Crippen molar-refractivity contribution in [3.63, 3.8) is 0 Å². The van der Waals surface area contributed by atoms with Crippen LogP contribution in [0.1, 0.15) is 43.9 Å². The molecule has 0 saturated carbocycles. The summed E-state index contributed by atoms with van der Waals surface area (Å²) in [6.07, 6.45) is 6.94. The van der Waals surface area contributed by atoms with Crippen LogP contribution in [0, 0.1) is 0 Å². The highest BCUT2D eigenvalue weighted by atomic mass is 16.5. The Morgan fingerprint density at radius 3 is 2.78 bits per heavy atom. The molecule has 0 atom stereocenters. The Morgan fingerprint density at radius 1 is 1.15 bits per heavy atom. The van der Waals surface area contributed by atoms with Gasteiger partial charge in [0.1, 0.15) is 5.52 Å². The standard InChI is InChI=1S/C21H30N4O2/c1-3-22-19-15-8-6-9-16(15)23-17-14-18(21(26-2)24-20(17)19)27-13-7-12-25-10-4-5-11-25/h14H,3-13H2,1-2H3,(H,22,23). The molecule has 0 bridgehead atoms. The highest BCUT2D eigenvalue weighted by Crippen LogP contribution is 2.37. The quantitative estimate of drug-likeness (QED) is 0.719. The Morgan fingerprint density at radius 2 is 2.00 bits per heavy atom. The minimum atomic E-state index is 0.544. The summed E-state index contributed by atoms with van der Waals surface area (Å²) in [6.45, 7) is 7.20. The Labute approximate surface area is 161 Å². The number of hydrogen-bond donors (Lipinski definition) is 1. The van der Waals surface area contributed by atoms with E-state index in [9.17, 15) is 0 Å². The zero-order valence-corrected chi connectivity index (χ0v) is 16.5. The summed E-state index contributed by atoms with van der Waals surface area (Å²) < 4.78 is 11.6. The summed E-state index contributed by atoms with van der Waals surface area (Å²) in [6, 6.07) is 2.00. The number of nitrogens with zero attached hydrogens (tertiary/aromatic N) is 3. The van der Waals surface area contributed by atoms with Crippen LogP contribution < -0.4 is 14.8 Å². The third kappa shape index (κ3) is 3.81. The van der Waals surface area contributed by atoms with Crippen molar-refractivity contribution < 1.29 is 9.47 Å². The first-order valence-corrected chi connectivity index (χ1v) is 10.3. The minimum Gasteiger partial charge on any atom is -0.488 e. The lowest BCUT2D eigenvalue weighted by atomic mass is 10.1. The molecule has 0 aromatic carbocycles. The van der Waals surface area contributed by atoms with E-state index < -0.39 is 0 Å². The zero-order valence-electron chi connectivity index (χ0n) is 16.5. The molecule has 0 spiro atoms. The van der Waals surface area contributed by atoms with Crippen LogP contribution in [0.2, 0.25) is 0 Å². The number of aromatic nitrogens is 2. The lowest BCUT2D eigenvalue weighted by Crippen LogP contribution is -2.22. The fraction of sp³-hybridized carbons (Fsp3) is 0.619. The van der Waals surface area contributed by atoms with Crippen LogP contribution in [-0.4, -0.2) is 54.8 Å². The lowest BCUT2D eigenvalue weighted by Gasteiger charge is -2.17. The van der Waals surface area contributed by atoms with E-state index in [-0.39, 0.29) is 0 Å². The molecular weight excluding hydrogens is 340 g/mol. The van der Waals surface area contributed by atoms with E-state index in [4.69, 9.17) is 19.4 Å². The second-order valence-corrected chi connectivity index (χ2v) is 7.41. The molecule has 2 aromatic heterocycles. The van der Waals surface area contributed by atoms with E-state index in [1.54, 1.807) is 7.11 Å². The van der Waals surface area contributed by atoms with Gasteiger partial charge in [0.2, 0.25) is 0 Å². The molecule has 0 radical (unpaired) electrons. The van der Waals surface area contributed by atoms with Gasteiger partial charge < -0.3 is 19.7 Å². The molecule has 3 heterocycles. The van der Waals surface area contributed by atoms with Crippen molar-refractivity contribution in [1.29, 1.82) is 0 Å². The van der Waals surface area contributed by atoms with Gasteiger partial charge in [0.05, 0.1) is 24.9 Å². The van der Waals surface area contributed by atoms with Crippen molar-refractivity contribution in [3.05, 3.63) is 17.3 Å². The molecule has 2 aliphatic rings. The van der Waals surface area contributed by atoms with Gasteiger partial charge in [-0.1, -0.05) is 0 Å². The number of pyridine rings is 2. The molecule has 0 unspecified atom stereocenters. The molecule has 2 aromatic rings. The topological polar surface area (TPSA) is 59.5 Å². The van der Waals surface area contributed by atoms with E-state index in [0.717, 1.165) is 55.5 Å². The predicted octanol–water partition coefficient (Wildman–Crippen LogP) is 3.42. The molecule has 1 saturated heterocycles. The van der Waals surface area contributed by atoms with Crippen LogP contribution in [0.3, 0.4) is 0 Å². The van der Waals surface area contributed by atoms with E-state index in [1.807, 2.05) is 6.07 Å². The number of hydrogen-bond acceptors (Lipinski definition) is 6. The smallest absolute Gasteiger partial charge is 0.257 e. The number of nitrogens with one attached hydrogen (secondary N) is 1. The average molecular weight is 370 g/mol. The fourth-order valence-corrected chi connectivity index (χ4v) is 4.24. The SMILES string of the molecule is CCNc1c2c(nc3cc(OCCCN4CCCC4)c(OC)nc13)CCC2. The number of ether oxygens (including phenoxy) is 2. The van der Waals surface area contributed by atoms with E-state index >= 15 is 0 Å². The Hall–Kier alpha value is -2.08. The summed E-state index contributed by atoms with van der Waals surface area (Å²) in [7, 11) is 1.65. The second-order valence-electron chi connectivity index (χ2n) is 7.41. The molecular formula is C21H30N4O2. The van der Waals surface area contributed by atoms with Gasteiger partial charge in [-0.3, -0.25) is 4.98 Å². The number of rotatable bonds is 8. The first kappa shape index (κ1) is 18.3. The summed E-state index contributed by atoms with van der Waals surface area (Å²) in [5.41, 5.74) is 5.41. The van der Waals surface area contributed by atoms with Crippen LogP contribution in [0.25, 0.3) is 11.0 Å². The number of methoxy groups -OCH3 is 1. The van der Waals surface area contributed by atoms with Crippen LogP contribution >= 0.6 is 0 Å². The maximum atomic E-state index is 6.04. The molecule has 6 nitrogen and oxygen atoms in total. The zero-order chi connectivity index (χ0) is 18.6. The predicted molar refractivity (Wildman–Crippen MR) is 108 cm³/mol. The molecule has 6 heteroatoms. The van der Waals surface area contributed by atoms with Crippen LogP contribution in [0.4, 0.5) is 5.69 Å². The van der Waals surface area contributed by atoms with E-state index in [0.29, 0.717) is 18.2 Å². The maximum Gasteiger partial charge on any atom is 0.257 e. The van der Waals surface area contributed by atoms with E-state index in [2.05, 4.69) is 17.1 Å². The van der Waals surface area contributed by atoms with Gasteiger partial charge in [0.25, 0.3) is 5.88 Å². The number of anilines is 1. The van der Waals surface area contributed by atoms with Gasteiger partial charge in [-0.05, 0) is 64.1 Å². The summed E-state index contributed by atoms with van der Waals surface area (Å²) in [5.74, 6) is 1.24. The second kappa shape index (κ2) is 8.30. The maximum absolute atomic E-state index is 6.04. The van der Waals surface area contributed by atoms with Gasteiger partial charge in [-0.25, -0.2) is 4.98 Å². The minimum absolute atomic E-state index is 0.544. The van der Waals surface area contributed by atoms with Crippen LogP contribution in [0.15, 0.2) is 6.07 Å². The molecule has 1 N–H and O–H groups in total. The van der Waals surface area contributed by atoms with E-state index in [1.165, 1.54) is 37.2 Å². The summed E-state index contributed by atoms with van der Waals surface area (Å²) in [4.78, 5) is 12.1. The van der Waals surface area contributed by atoms with Crippen molar-refractivity contribution in [3.8, 4) is 11.6 Å². The van der Waals surface area contributed by atoms with Crippen LogP contribution in [0.5, 0.6) is 11.6 Å². The number of likely N-dealkylation sites (tertiary alicyclic amines) is 1. The lowest BCUT2D eigenvalue weighted by molar-refractivity contribution is 0.252. The fourth-order valence-electron chi connectivity index (χ4n) is 4.24. The Kier molecular flexibility index (Phi) is 5.62. The van der Waals surface area contributed by atoms with Crippen molar-refractivity contribution in [2.75, 3.05) is 45.2 Å². The number of fused-ring (bicyclic) bond motifs is 2. The average Bonchev–Trinajstić information content (AvgIpc) is 3.36. The van der Waals surface area contributed by atoms with Crippen molar-refractivity contribution >= 4 is 16.7 Å². The van der Waals surface area contributed by atoms with Gasteiger partial charge in [0.15, 0.2) is 5.75 Å². The molecule has 0 amide bonds. The normalized spacial score (nSPS) is 16.7. The highest BCUT2D eigenvalue weighted by molar-refractivity contribution is 5.91. The Bertz CT molecular complexity index is 803. The van der Waals surface area contributed by atoms with Gasteiger partial charge >= 0.3 is 0 Å². The summed E-state index contributed by atoms with van der Waals surface area (Å²) in [5, 5.41) is 3.50. The largest absolute Gasteiger partial charge is 0.488 e. The van der Waals surface area contributed by atoms with Crippen LogP contribution in [-0.2, 0) is 12.8 Å². The molecule has 1 aliphatic heterocycles. The molecule has 1 aliphatic carbocycles. The first-order chi connectivity index (χ1) is 13.3. The molecule has 4 rings (SSSR count). The van der Waals surface area contributed by atoms with Crippen molar-refractivity contribution in [2.24, 2.45) is 0 Å². The van der Waals surface area contributed by atoms with Gasteiger partial charge in [-0.15, -0.1) is 0 Å². The number of aryl methyl sites for hydroxylation is 1. The monoisotopic (exact) mass is 370 g/mol. The molecule has 1 fully saturated rings. The highest BCUT2D eigenvalue weighted by Gasteiger charge is 2.22. The summed E-state index contributed by atoms with van der Waals surface area (Å²) >= 11 is 0. The van der Waals surface area contributed by atoms with Gasteiger partial charge in [-0.2, -0.15) is 0 Å². The van der Waals surface area contributed by atoms with Gasteiger partial charge in [0, 0.05) is 24.8 Å². The molecule has 146 valence electrons.